The van der Waals surface area contributed by atoms with Crippen molar-refractivity contribution in [3.05, 3.63) is 68.7 Å². The van der Waals surface area contributed by atoms with E-state index in [-0.39, 0.29) is 5.69 Å². The molecule has 0 unspecified atom stereocenters. The van der Waals surface area contributed by atoms with Gasteiger partial charge in [0.25, 0.3) is 5.91 Å². The van der Waals surface area contributed by atoms with Gasteiger partial charge in [0.1, 0.15) is 5.82 Å². The number of halogens is 1. The zero-order valence-corrected chi connectivity index (χ0v) is 14.7. The molecule has 128 valence electrons. The van der Waals surface area contributed by atoms with Crippen molar-refractivity contribution in [3.63, 3.8) is 0 Å². The summed E-state index contributed by atoms with van der Waals surface area (Å²) in [5.74, 6) is -0.0990. The largest absolute Gasteiger partial charge is 0.305 e. The predicted octanol–water partition coefficient (Wildman–Crippen LogP) is 2.49. The third-order valence-corrected chi connectivity index (χ3v) is 3.89. The molecule has 25 heavy (non-hydrogen) atoms. The molecule has 3 aromatic rings. The normalized spacial score (nSPS) is 10.7. The van der Waals surface area contributed by atoms with Gasteiger partial charge >= 0.3 is 0 Å². The molecule has 0 fully saturated rings. The summed E-state index contributed by atoms with van der Waals surface area (Å²) < 4.78 is 3.06. The standard InChI is InChI=1S/C17H16ClN5O2/c1-10-8-15(22(3)20-10)19-17(25)16-14(24)9-11(2)23(21-16)13-6-4-12(18)5-7-13/h4-9H,1-3H3,(H,19,25). The van der Waals surface area contributed by atoms with Gasteiger partial charge in [0.05, 0.1) is 11.4 Å². The Balaban J connectivity index is 2.00. The molecule has 0 aliphatic rings. The lowest BCUT2D eigenvalue weighted by molar-refractivity contribution is 0.101. The first-order valence-corrected chi connectivity index (χ1v) is 7.92. The molecule has 1 amide bonds. The fraction of sp³-hybridized carbons (Fsp3) is 0.176. The van der Waals surface area contributed by atoms with Crippen molar-refractivity contribution in [2.45, 2.75) is 13.8 Å². The number of nitrogens with one attached hydrogen (secondary N) is 1. The highest BCUT2D eigenvalue weighted by Gasteiger charge is 2.17. The van der Waals surface area contributed by atoms with Crippen molar-refractivity contribution in [1.29, 1.82) is 0 Å². The number of benzene rings is 1. The zero-order valence-electron chi connectivity index (χ0n) is 13.9. The van der Waals surface area contributed by atoms with Crippen LogP contribution >= 0.6 is 11.6 Å². The summed E-state index contributed by atoms with van der Waals surface area (Å²) in [5, 5.41) is 11.6. The molecule has 0 saturated carbocycles. The Hall–Kier alpha value is -2.93. The topological polar surface area (TPSA) is 81.8 Å². The average molecular weight is 358 g/mol. The van der Waals surface area contributed by atoms with Crippen LogP contribution in [0.25, 0.3) is 5.69 Å². The second-order valence-electron chi connectivity index (χ2n) is 5.64. The van der Waals surface area contributed by atoms with Gasteiger partial charge in [0, 0.05) is 29.9 Å². The van der Waals surface area contributed by atoms with Gasteiger partial charge in [0.2, 0.25) is 5.43 Å². The van der Waals surface area contributed by atoms with E-state index in [1.165, 1.54) is 15.4 Å². The van der Waals surface area contributed by atoms with Gasteiger partial charge in [-0.05, 0) is 38.1 Å². The Labute approximate surface area is 148 Å². The first kappa shape index (κ1) is 16.9. The van der Waals surface area contributed by atoms with Gasteiger partial charge in [-0.1, -0.05) is 11.6 Å². The van der Waals surface area contributed by atoms with Crippen molar-refractivity contribution in [2.75, 3.05) is 5.32 Å². The van der Waals surface area contributed by atoms with E-state index < -0.39 is 11.3 Å². The highest BCUT2D eigenvalue weighted by Crippen LogP contribution is 2.14. The summed E-state index contributed by atoms with van der Waals surface area (Å²) >= 11 is 5.90. The smallest absolute Gasteiger partial charge is 0.281 e. The molecule has 1 N–H and O–H groups in total. The first-order valence-electron chi connectivity index (χ1n) is 7.54. The van der Waals surface area contributed by atoms with E-state index in [2.05, 4.69) is 15.5 Å². The van der Waals surface area contributed by atoms with E-state index in [0.717, 1.165) is 5.69 Å². The Kier molecular flexibility index (Phi) is 4.41. The number of rotatable bonds is 3. The summed E-state index contributed by atoms with van der Waals surface area (Å²) in [6.07, 6.45) is 0. The van der Waals surface area contributed by atoms with Crippen LogP contribution in [0.4, 0.5) is 5.82 Å². The molecule has 2 heterocycles. The van der Waals surface area contributed by atoms with Crippen LogP contribution in [0.2, 0.25) is 5.02 Å². The maximum atomic E-state index is 12.5. The van der Waals surface area contributed by atoms with E-state index in [4.69, 9.17) is 11.6 Å². The number of carbonyl (C=O) groups excluding carboxylic acids is 1. The monoisotopic (exact) mass is 357 g/mol. The molecule has 0 aliphatic heterocycles. The molecule has 3 rings (SSSR count). The maximum absolute atomic E-state index is 12.5. The van der Waals surface area contributed by atoms with Crippen LogP contribution in [0.5, 0.6) is 0 Å². The van der Waals surface area contributed by atoms with Crippen molar-refractivity contribution >= 4 is 23.3 Å². The molecule has 0 saturated heterocycles. The minimum atomic E-state index is -0.587. The molecular weight excluding hydrogens is 342 g/mol. The lowest BCUT2D eigenvalue weighted by Crippen LogP contribution is -2.27. The number of hydrogen-bond donors (Lipinski definition) is 1. The molecule has 0 radical (unpaired) electrons. The van der Waals surface area contributed by atoms with Gasteiger partial charge in [-0.3, -0.25) is 14.3 Å². The van der Waals surface area contributed by atoms with Crippen molar-refractivity contribution in [1.82, 2.24) is 19.6 Å². The van der Waals surface area contributed by atoms with E-state index >= 15 is 0 Å². The Morgan fingerprint density at radius 3 is 2.40 bits per heavy atom. The molecule has 1 aromatic carbocycles. The van der Waals surface area contributed by atoms with Gasteiger partial charge < -0.3 is 5.32 Å². The quantitative estimate of drug-likeness (QED) is 0.780. The fourth-order valence-corrected chi connectivity index (χ4v) is 2.58. The van der Waals surface area contributed by atoms with E-state index in [9.17, 15) is 9.59 Å². The highest BCUT2D eigenvalue weighted by molar-refractivity contribution is 6.30. The summed E-state index contributed by atoms with van der Waals surface area (Å²) in [4.78, 5) is 24.7. The summed E-state index contributed by atoms with van der Waals surface area (Å²) in [6, 6.07) is 10.1. The average Bonchev–Trinajstić information content (AvgIpc) is 2.86. The van der Waals surface area contributed by atoms with Crippen LogP contribution in [-0.2, 0) is 7.05 Å². The zero-order chi connectivity index (χ0) is 18.1. The number of aryl methyl sites for hydroxylation is 3. The molecule has 0 spiro atoms. The third-order valence-electron chi connectivity index (χ3n) is 3.64. The second-order valence-corrected chi connectivity index (χ2v) is 6.07. The molecular formula is C17H16ClN5O2. The number of nitrogens with zero attached hydrogens (tertiary/aromatic N) is 4. The van der Waals surface area contributed by atoms with Crippen LogP contribution in [0.1, 0.15) is 21.9 Å². The van der Waals surface area contributed by atoms with Gasteiger partial charge in [-0.2, -0.15) is 10.2 Å². The summed E-state index contributed by atoms with van der Waals surface area (Å²) in [5.41, 5.74) is 1.43. The molecule has 0 atom stereocenters. The lowest BCUT2D eigenvalue weighted by atomic mass is 10.2. The lowest BCUT2D eigenvalue weighted by Gasteiger charge is -2.11. The third kappa shape index (κ3) is 3.46. The fourth-order valence-electron chi connectivity index (χ4n) is 2.45. The van der Waals surface area contributed by atoms with Crippen molar-refractivity contribution in [3.8, 4) is 5.69 Å². The molecule has 7 nitrogen and oxygen atoms in total. The van der Waals surface area contributed by atoms with Crippen molar-refractivity contribution in [2.24, 2.45) is 7.05 Å². The second kappa shape index (κ2) is 6.52. The van der Waals surface area contributed by atoms with E-state index in [0.29, 0.717) is 22.2 Å². The highest BCUT2D eigenvalue weighted by atomic mass is 35.5. The predicted molar refractivity (Wildman–Crippen MR) is 95.5 cm³/mol. The SMILES string of the molecule is Cc1cc(NC(=O)c2nn(-c3ccc(Cl)cc3)c(C)cc2=O)n(C)n1. The van der Waals surface area contributed by atoms with Crippen LogP contribution in [0.15, 0.2) is 41.2 Å². The van der Waals surface area contributed by atoms with Crippen LogP contribution in [-0.4, -0.2) is 25.5 Å². The van der Waals surface area contributed by atoms with Gasteiger partial charge in [0.15, 0.2) is 5.69 Å². The number of anilines is 1. The van der Waals surface area contributed by atoms with Gasteiger partial charge in [-0.25, -0.2) is 4.68 Å². The molecule has 0 bridgehead atoms. The van der Waals surface area contributed by atoms with Crippen LogP contribution in [0.3, 0.4) is 0 Å². The Bertz CT molecular complexity index is 1000. The van der Waals surface area contributed by atoms with Gasteiger partial charge in [-0.15, -0.1) is 0 Å². The molecule has 8 heteroatoms. The molecule has 2 aromatic heterocycles. The van der Waals surface area contributed by atoms with Crippen molar-refractivity contribution < 1.29 is 4.79 Å². The minimum Gasteiger partial charge on any atom is -0.305 e. The number of aromatic nitrogens is 4. The van der Waals surface area contributed by atoms with Crippen LogP contribution in [0, 0.1) is 13.8 Å². The number of hydrogen-bond acceptors (Lipinski definition) is 4. The molecule has 0 aliphatic carbocycles. The number of carbonyl (C=O) groups is 1. The van der Waals surface area contributed by atoms with Crippen LogP contribution < -0.4 is 10.7 Å². The van der Waals surface area contributed by atoms with E-state index in [1.54, 1.807) is 44.3 Å². The summed E-state index contributed by atoms with van der Waals surface area (Å²) in [7, 11) is 1.71. The Morgan fingerprint density at radius 2 is 1.80 bits per heavy atom. The van der Waals surface area contributed by atoms with E-state index in [1.807, 2.05) is 6.92 Å². The maximum Gasteiger partial charge on any atom is 0.281 e. The number of amides is 1. The Morgan fingerprint density at radius 1 is 1.12 bits per heavy atom. The summed E-state index contributed by atoms with van der Waals surface area (Å²) in [6.45, 7) is 3.56. The first-order chi connectivity index (χ1) is 11.8. The minimum absolute atomic E-state index is 0.195.